The number of amides is 1. The summed E-state index contributed by atoms with van der Waals surface area (Å²) in [5.41, 5.74) is 6.99. The molecular formula is C30H18ClFN4O3. The van der Waals surface area contributed by atoms with Gasteiger partial charge in [0.2, 0.25) is 0 Å². The molecule has 190 valence electrons. The van der Waals surface area contributed by atoms with Gasteiger partial charge in [0.1, 0.15) is 5.82 Å². The van der Waals surface area contributed by atoms with Gasteiger partial charge in [0.15, 0.2) is 0 Å². The summed E-state index contributed by atoms with van der Waals surface area (Å²) in [6, 6.07) is 21.6. The molecule has 0 atom stereocenters. The maximum absolute atomic E-state index is 14.1. The fourth-order valence-corrected chi connectivity index (χ4v) is 5.09. The number of nitrogens with one attached hydrogen (secondary N) is 1. The molecule has 0 bridgehead atoms. The highest BCUT2D eigenvalue weighted by atomic mass is 35.5. The first-order chi connectivity index (χ1) is 18.8. The van der Waals surface area contributed by atoms with Crippen LogP contribution >= 0.6 is 11.6 Å². The van der Waals surface area contributed by atoms with Crippen molar-refractivity contribution in [1.29, 1.82) is 0 Å². The van der Waals surface area contributed by atoms with E-state index in [1.807, 2.05) is 24.3 Å². The molecule has 7 nitrogen and oxygen atoms in total. The van der Waals surface area contributed by atoms with E-state index in [1.54, 1.807) is 42.6 Å². The van der Waals surface area contributed by atoms with Crippen molar-refractivity contribution in [2.24, 2.45) is 5.73 Å². The number of carbonyl (C=O) groups excluding carboxylic acids is 1. The lowest BCUT2D eigenvalue weighted by molar-refractivity contribution is 0.0996. The predicted molar refractivity (Wildman–Crippen MR) is 150 cm³/mol. The Bertz CT molecular complexity index is 2080. The molecule has 0 aliphatic heterocycles. The number of benzene rings is 4. The first kappa shape index (κ1) is 24.3. The molecule has 3 N–H and O–H groups in total. The minimum absolute atomic E-state index is 0.246. The molecule has 6 aromatic rings. The van der Waals surface area contributed by atoms with E-state index in [2.05, 4.69) is 9.97 Å². The number of aromatic nitrogens is 3. The Morgan fingerprint density at radius 3 is 2.51 bits per heavy atom. The van der Waals surface area contributed by atoms with Gasteiger partial charge in [0.05, 0.1) is 28.4 Å². The van der Waals surface area contributed by atoms with Gasteiger partial charge in [-0.1, -0.05) is 60.1 Å². The van der Waals surface area contributed by atoms with Crippen LogP contribution in [0.2, 0.25) is 5.02 Å². The summed E-state index contributed by atoms with van der Waals surface area (Å²) in [6.45, 7) is 0. The Kier molecular flexibility index (Phi) is 5.81. The molecule has 1 amide bonds. The van der Waals surface area contributed by atoms with Crippen LogP contribution in [0.25, 0.3) is 49.6 Å². The molecular weight excluding hydrogens is 519 g/mol. The standard InChI is InChI=1S/C30H18ClFN4O3/c31-23-7-3-6-20(16-9-11-24(32)22(12-16)28(33)37)27(23)17-8-10-21-25(13-17)35-30(39)36(29(21)38)26-15-34-14-18-4-1-2-5-19(18)26/h1-15H,(H2,33,37)(H,35,39). The number of H-pyrrole nitrogens is 1. The van der Waals surface area contributed by atoms with Gasteiger partial charge in [-0.15, -0.1) is 0 Å². The zero-order valence-corrected chi connectivity index (χ0v) is 20.9. The van der Waals surface area contributed by atoms with Crippen LogP contribution in [-0.4, -0.2) is 20.4 Å². The van der Waals surface area contributed by atoms with Crippen molar-refractivity contribution in [3.8, 4) is 27.9 Å². The van der Waals surface area contributed by atoms with E-state index in [-0.39, 0.29) is 10.9 Å². The number of halogens is 2. The van der Waals surface area contributed by atoms with Crippen molar-refractivity contribution in [2.45, 2.75) is 0 Å². The first-order valence-electron chi connectivity index (χ1n) is 11.8. The average molecular weight is 537 g/mol. The summed E-state index contributed by atoms with van der Waals surface area (Å²) in [4.78, 5) is 45.5. The summed E-state index contributed by atoms with van der Waals surface area (Å²) in [6.07, 6.45) is 3.15. The van der Waals surface area contributed by atoms with E-state index in [1.165, 1.54) is 24.4 Å². The zero-order valence-electron chi connectivity index (χ0n) is 20.1. The van der Waals surface area contributed by atoms with Crippen molar-refractivity contribution in [2.75, 3.05) is 0 Å². The molecule has 0 saturated heterocycles. The zero-order chi connectivity index (χ0) is 27.3. The van der Waals surface area contributed by atoms with Gasteiger partial charge in [-0.25, -0.2) is 13.8 Å². The van der Waals surface area contributed by atoms with E-state index < -0.39 is 23.0 Å². The molecule has 2 aromatic heterocycles. The number of pyridine rings is 1. The fourth-order valence-electron chi connectivity index (χ4n) is 4.81. The van der Waals surface area contributed by atoms with Crippen LogP contribution in [-0.2, 0) is 0 Å². The molecule has 0 aliphatic rings. The highest BCUT2D eigenvalue weighted by Crippen LogP contribution is 2.38. The monoisotopic (exact) mass is 536 g/mol. The number of fused-ring (bicyclic) bond motifs is 2. The molecule has 0 spiro atoms. The highest BCUT2D eigenvalue weighted by molar-refractivity contribution is 6.34. The molecule has 6 rings (SSSR count). The Hall–Kier alpha value is -5.08. The van der Waals surface area contributed by atoms with Crippen molar-refractivity contribution < 1.29 is 9.18 Å². The van der Waals surface area contributed by atoms with Gasteiger partial charge in [-0.3, -0.25) is 14.6 Å². The molecule has 0 fully saturated rings. The minimum atomic E-state index is -0.890. The SMILES string of the molecule is NC(=O)c1cc(-c2cccc(Cl)c2-c2ccc3c(=O)n(-c4cncc5ccccc45)c(=O)[nH]c3c2)ccc1F. The third-order valence-corrected chi connectivity index (χ3v) is 6.95. The summed E-state index contributed by atoms with van der Waals surface area (Å²) in [5.74, 6) is -1.62. The number of nitrogens with two attached hydrogens (primary N) is 1. The second kappa shape index (κ2) is 9.34. The lowest BCUT2D eigenvalue weighted by atomic mass is 9.93. The smallest absolute Gasteiger partial charge is 0.333 e. The quantitative estimate of drug-likeness (QED) is 0.312. The molecule has 0 unspecified atom stereocenters. The molecule has 2 heterocycles. The van der Waals surface area contributed by atoms with Gasteiger partial charge in [-0.05, 0) is 47.0 Å². The predicted octanol–water partition coefficient (Wildman–Crippen LogP) is 5.45. The molecule has 0 saturated carbocycles. The Labute approximate surface area is 224 Å². The van der Waals surface area contributed by atoms with Crippen molar-refractivity contribution in [3.05, 3.63) is 128 Å². The number of nitrogens with zero attached hydrogens (tertiary/aromatic N) is 2. The van der Waals surface area contributed by atoms with E-state index in [0.29, 0.717) is 43.9 Å². The van der Waals surface area contributed by atoms with Gasteiger partial charge in [0.25, 0.3) is 11.5 Å². The second-order valence-corrected chi connectivity index (χ2v) is 9.34. The van der Waals surface area contributed by atoms with Crippen LogP contribution in [0.4, 0.5) is 4.39 Å². The third kappa shape index (κ3) is 4.07. The molecule has 4 aromatic carbocycles. The summed E-state index contributed by atoms with van der Waals surface area (Å²) < 4.78 is 15.2. The number of hydrogen-bond acceptors (Lipinski definition) is 4. The van der Waals surface area contributed by atoms with E-state index in [4.69, 9.17) is 17.3 Å². The second-order valence-electron chi connectivity index (χ2n) is 8.93. The first-order valence-corrected chi connectivity index (χ1v) is 12.2. The van der Waals surface area contributed by atoms with Crippen molar-refractivity contribution >= 4 is 39.2 Å². The lowest BCUT2D eigenvalue weighted by Gasteiger charge is -2.14. The van der Waals surface area contributed by atoms with Gasteiger partial charge in [0, 0.05) is 27.6 Å². The summed E-state index contributed by atoms with van der Waals surface area (Å²) in [7, 11) is 0. The number of carbonyl (C=O) groups is 1. The van der Waals surface area contributed by atoms with Crippen molar-refractivity contribution in [3.63, 3.8) is 0 Å². The lowest BCUT2D eigenvalue weighted by Crippen LogP contribution is -2.33. The number of rotatable bonds is 4. The van der Waals surface area contributed by atoms with E-state index >= 15 is 0 Å². The number of aromatic amines is 1. The van der Waals surface area contributed by atoms with Crippen LogP contribution in [0.15, 0.2) is 101 Å². The van der Waals surface area contributed by atoms with Crippen LogP contribution < -0.4 is 17.0 Å². The van der Waals surface area contributed by atoms with Crippen molar-refractivity contribution in [1.82, 2.24) is 14.5 Å². The van der Waals surface area contributed by atoms with Crippen LogP contribution in [0.1, 0.15) is 10.4 Å². The molecule has 0 aliphatic carbocycles. The third-order valence-electron chi connectivity index (χ3n) is 6.63. The van der Waals surface area contributed by atoms with Crippen LogP contribution in [0.5, 0.6) is 0 Å². The molecule has 39 heavy (non-hydrogen) atoms. The van der Waals surface area contributed by atoms with E-state index in [0.717, 1.165) is 9.95 Å². The summed E-state index contributed by atoms with van der Waals surface area (Å²) in [5, 5.41) is 2.18. The van der Waals surface area contributed by atoms with Crippen LogP contribution in [0, 0.1) is 5.82 Å². The Morgan fingerprint density at radius 1 is 0.897 bits per heavy atom. The van der Waals surface area contributed by atoms with E-state index in [9.17, 15) is 18.8 Å². The minimum Gasteiger partial charge on any atom is -0.366 e. The fraction of sp³-hybridized carbons (Fsp3) is 0. The summed E-state index contributed by atoms with van der Waals surface area (Å²) >= 11 is 6.61. The Balaban J connectivity index is 1.55. The molecule has 9 heteroatoms. The maximum atomic E-state index is 14.1. The normalized spacial score (nSPS) is 11.2. The average Bonchev–Trinajstić information content (AvgIpc) is 2.93. The Morgan fingerprint density at radius 2 is 1.69 bits per heavy atom. The molecule has 0 radical (unpaired) electrons. The number of primary amides is 1. The van der Waals surface area contributed by atoms with Gasteiger partial charge < -0.3 is 10.7 Å². The topological polar surface area (TPSA) is 111 Å². The van der Waals surface area contributed by atoms with Crippen LogP contribution in [0.3, 0.4) is 0 Å². The van der Waals surface area contributed by atoms with Gasteiger partial charge >= 0.3 is 5.69 Å². The van der Waals surface area contributed by atoms with Gasteiger partial charge in [-0.2, -0.15) is 0 Å². The highest BCUT2D eigenvalue weighted by Gasteiger charge is 2.17. The maximum Gasteiger partial charge on any atom is 0.333 e. The number of hydrogen-bond donors (Lipinski definition) is 2. The largest absolute Gasteiger partial charge is 0.366 e.